The van der Waals surface area contributed by atoms with Gasteiger partial charge in [0.2, 0.25) is 5.91 Å². The molecule has 0 aliphatic carbocycles. The van der Waals surface area contributed by atoms with Crippen LogP contribution in [-0.4, -0.2) is 43.2 Å². The summed E-state index contributed by atoms with van der Waals surface area (Å²) in [5, 5.41) is 5.43. The first kappa shape index (κ1) is 16.4. The first-order valence-corrected chi connectivity index (χ1v) is 8.11. The molecule has 0 rings (SSSR count). The number of nitrogens with one attached hydrogen (secondary N) is 2. The van der Waals surface area contributed by atoms with E-state index in [-0.39, 0.29) is 12.0 Å². The minimum atomic E-state index is -0.367. The van der Waals surface area contributed by atoms with Crippen LogP contribution in [-0.2, 0) is 9.53 Å². The van der Waals surface area contributed by atoms with E-state index >= 15 is 0 Å². The van der Waals surface area contributed by atoms with Gasteiger partial charge in [-0.05, 0) is 6.92 Å². The quantitative estimate of drug-likeness (QED) is 0.496. The van der Waals surface area contributed by atoms with E-state index in [1.165, 1.54) is 0 Å². The lowest BCUT2D eigenvalue weighted by molar-refractivity contribution is -0.120. The van der Waals surface area contributed by atoms with Crippen molar-refractivity contribution in [2.75, 3.05) is 31.2 Å². The van der Waals surface area contributed by atoms with Gasteiger partial charge in [0.05, 0.1) is 6.61 Å². The summed E-state index contributed by atoms with van der Waals surface area (Å²) in [4.78, 5) is 21.8. The van der Waals surface area contributed by atoms with Crippen molar-refractivity contribution < 1.29 is 14.3 Å². The number of alkyl carbamates (subject to hydrolysis) is 1. The Morgan fingerprint density at radius 2 is 1.65 bits per heavy atom. The molecule has 0 radical (unpaired) electrons. The fourth-order valence-electron chi connectivity index (χ4n) is 0.852. The number of rotatable bonds is 9. The highest BCUT2D eigenvalue weighted by Gasteiger charge is 1.99. The summed E-state index contributed by atoms with van der Waals surface area (Å²) in [5.41, 5.74) is 0. The zero-order chi connectivity index (χ0) is 12.9. The molecule has 0 aromatic carbocycles. The summed E-state index contributed by atoms with van der Waals surface area (Å²) in [7, 11) is 3.35. The van der Waals surface area contributed by atoms with Crippen molar-refractivity contribution in [3.8, 4) is 0 Å². The second-order valence-electron chi connectivity index (χ2n) is 2.99. The van der Waals surface area contributed by atoms with Gasteiger partial charge in [-0.15, -0.1) is 0 Å². The Balaban J connectivity index is 3.13. The topological polar surface area (TPSA) is 67.4 Å². The zero-order valence-corrected chi connectivity index (χ0v) is 11.9. The molecule has 0 atom stereocenters. The SMILES string of the molecule is CCOC(=O)NCCSSCCNC(=O)CC. The van der Waals surface area contributed by atoms with Crippen molar-refractivity contribution in [3.63, 3.8) is 0 Å². The molecule has 0 saturated carbocycles. The average Bonchev–Trinajstić information content (AvgIpc) is 2.32. The van der Waals surface area contributed by atoms with Crippen molar-refractivity contribution in [1.82, 2.24) is 10.6 Å². The van der Waals surface area contributed by atoms with Gasteiger partial charge in [0, 0.05) is 31.0 Å². The van der Waals surface area contributed by atoms with E-state index in [1.54, 1.807) is 28.5 Å². The van der Waals surface area contributed by atoms with Crippen LogP contribution in [0.2, 0.25) is 0 Å². The normalized spacial score (nSPS) is 9.76. The molecule has 0 spiro atoms. The molecule has 0 bridgehead atoms. The monoisotopic (exact) mass is 280 g/mol. The van der Waals surface area contributed by atoms with Gasteiger partial charge < -0.3 is 15.4 Å². The molecule has 2 amide bonds. The highest BCUT2D eigenvalue weighted by atomic mass is 33.1. The van der Waals surface area contributed by atoms with Gasteiger partial charge in [0.15, 0.2) is 0 Å². The van der Waals surface area contributed by atoms with Crippen LogP contribution < -0.4 is 10.6 Å². The van der Waals surface area contributed by atoms with Crippen LogP contribution in [0.1, 0.15) is 20.3 Å². The lowest BCUT2D eigenvalue weighted by atomic mass is 10.4. The van der Waals surface area contributed by atoms with Gasteiger partial charge in [0.25, 0.3) is 0 Å². The molecule has 5 nitrogen and oxygen atoms in total. The minimum absolute atomic E-state index is 0.0829. The van der Waals surface area contributed by atoms with Gasteiger partial charge in [0.1, 0.15) is 0 Å². The molecule has 0 unspecified atom stereocenters. The number of carbonyl (C=O) groups excluding carboxylic acids is 2. The van der Waals surface area contributed by atoms with Crippen LogP contribution in [0.3, 0.4) is 0 Å². The van der Waals surface area contributed by atoms with Crippen LogP contribution >= 0.6 is 21.6 Å². The molecule has 100 valence electrons. The maximum absolute atomic E-state index is 10.9. The van der Waals surface area contributed by atoms with Gasteiger partial charge in [-0.25, -0.2) is 4.79 Å². The molecular formula is C10H20N2O3S2. The Morgan fingerprint density at radius 3 is 2.18 bits per heavy atom. The van der Waals surface area contributed by atoms with Gasteiger partial charge in [-0.3, -0.25) is 4.79 Å². The van der Waals surface area contributed by atoms with Gasteiger partial charge >= 0.3 is 6.09 Å². The van der Waals surface area contributed by atoms with E-state index in [1.807, 2.05) is 6.92 Å². The van der Waals surface area contributed by atoms with E-state index in [0.717, 1.165) is 11.5 Å². The highest BCUT2D eigenvalue weighted by Crippen LogP contribution is 2.19. The standard InChI is InChI=1S/C10H20N2O3S2/c1-3-9(13)11-5-7-16-17-8-6-12-10(14)15-4-2/h3-8H2,1-2H3,(H,11,13)(H,12,14). The fraction of sp³-hybridized carbons (Fsp3) is 0.800. The Bertz CT molecular complexity index is 228. The molecule has 0 saturated heterocycles. The summed E-state index contributed by atoms with van der Waals surface area (Å²) < 4.78 is 4.71. The van der Waals surface area contributed by atoms with Crippen LogP contribution in [0.5, 0.6) is 0 Å². The molecule has 2 N–H and O–H groups in total. The summed E-state index contributed by atoms with van der Waals surface area (Å²) in [5.74, 6) is 1.78. The second-order valence-corrected chi connectivity index (χ2v) is 5.70. The maximum Gasteiger partial charge on any atom is 0.407 e. The Labute approximate surface area is 110 Å². The van der Waals surface area contributed by atoms with Crippen molar-refractivity contribution >= 4 is 33.6 Å². The molecule has 0 aliphatic rings. The number of carbonyl (C=O) groups is 2. The Morgan fingerprint density at radius 1 is 1.06 bits per heavy atom. The number of amides is 2. The van der Waals surface area contributed by atoms with Crippen molar-refractivity contribution in [2.45, 2.75) is 20.3 Å². The molecule has 0 aromatic rings. The predicted octanol–water partition coefficient (Wildman–Crippen LogP) is 1.64. The smallest absolute Gasteiger partial charge is 0.407 e. The fourth-order valence-corrected chi connectivity index (χ4v) is 2.67. The maximum atomic E-state index is 10.9. The van der Waals surface area contributed by atoms with E-state index in [4.69, 9.17) is 4.74 Å². The molecule has 17 heavy (non-hydrogen) atoms. The molecule has 0 aliphatic heterocycles. The number of ether oxygens (including phenoxy) is 1. The van der Waals surface area contributed by atoms with Crippen LogP contribution in [0.15, 0.2) is 0 Å². The van der Waals surface area contributed by atoms with Crippen LogP contribution in [0, 0.1) is 0 Å². The molecular weight excluding hydrogens is 260 g/mol. The third kappa shape index (κ3) is 11.7. The van der Waals surface area contributed by atoms with E-state index in [9.17, 15) is 9.59 Å². The van der Waals surface area contributed by atoms with E-state index < -0.39 is 0 Å². The zero-order valence-electron chi connectivity index (χ0n) is 10.3. The van der Waals surface area contributed by atoms with Gasteiger partial charge in [-0.2, -0.15) is 0 Å². The summed E-state index contributed by atoms with van der Waals surface area (Å²) in [6, 6.07) is 0. The molecule has 7 heteroatoms. The summed E-state index contributed by atoms with van der Waals surface area (Å²) >= 11 is 0. The number of hydrogen-bond donors (Lipinski definition) is 2. The third-order valence-electron chi connectivity index (χ3n) is 1.64. The lowest BCUT2D eigenvalue weighted by Gasteiger charge is -2.05. The Kier molecular flexibility index (Phi) is 11.5. The minimum Gasteiger partial charge on any atom is -0.450 e. The number of hydrogen-bond acceptors (Lipinski definition) is 5. The van der Waals surface area contributed by atoms with Crippen molar-refractivity contribution in [2.24, 2.45) is 0 Å². The first-order chi connectivity index (χ1) is 8.20. The summed E-state index contributed by atoms with van der Waals surface area (Å²) in [6.07, 6.45) is 0.162. The second kappa shape index (κ2) is 11.9. The first-order valence-electron chi connectivity index (χ1n) is 5.62. The van der Waals surface area contributed by atoms with Gasteiger partial charge in [-0.1, -0.05) is 28.5 Å². The molecule has 0 fully saturated rings. The highest BCUT2D eigenvalue weighted by molar-refractivity contribution is 8.76. The predicted molar refractivity (Wildman–Crippen MR) is 73.2 cm³/mol. The Hall–Kier alpha value is -0.560. The molecule has 0 heterocycles. The van der Waals surface area contributed by atoms with Crippen LogP contribution in [0.25, 0.3) is 0 Å². The van der Waals surface area contributed by atoms with Crippen molar-refractivity contribution in [1.29, 1.82) is 0 Å². The largest absolute Gasteiger partial charge is 0.450 e. The van der Waals surface area contributed by atoms with Crippen molar-refractivity contribution in [3.05, 3.63) is 0 Å². The summed E-state index contributed by atoms with van der Waals surface area (Å²) in [6.45, 7) is 5.28. The van der Waals surface area contributed by atoms with Crippen LogP contribution in [0.4, 0.5) is 4.79 Å². The lowest BCUT2D eigenvalue weighted by Crippen LogP contribution is -2.26. The van der Waals surface area contributed by atoms with E-state index in [0.29, 0.717) is 26.1 Å². The average molecular weight is 280 g/mol. The van der Waals surface area contributed by atoms with E-state index in [2.05, 4.69) is 10.6 Å². The molecule has 0 aromatic heterocycles. The third-order valence-corrected chi connectivity index (χ3v) is 4.05.